The van der Waals surface area contributed by atoms with Gasteiger partial charge in [-0.15, -0.1) is 11.3 Å². The lowest BCUT2D eigenvalue weighted by atomic mass is 9.99. The number of hydrogen-bond acceptors (Lipinski definition) is 5. The smallest absolute Gasteiger partial charge is 0.264 e. The van der Waals surface area contributed by atoms with E-state index in [4.69, 9.17) is 0 Å². The highest BCUT2D eigenvalue weighted by Crippen LogP contribution is 2.27. The predicted molar refractivity (Wildman–Crippen MR) is 191 cm³/mol. The van der Waals surface area contributed by atoms with Gasteiger partial charge in [0, 0.05) is 55.8 Å². The molecular weight excluding hydrogens is 595 g/mol. The molecule has 3 aromatic rings. The zero-order chi connectivity index (χ0) is 31.6. The first kappa shape index (κ1) is 33.7. The van der Waals surface area contributed by atoms with Crippen molar-refractivity contribution in [3.8, 4) is 11.1 Å². The highest BCUT2D eigenvalue weighted by atomic mass is 32.2. The molecule has 242 valence electrons. The lowest BCUT2D eigenvalue weighted by Gasteiger charge is -2.38. The Hall–Kier alpha value is -2.61. The van der Waals surface area contributed by atoms with Gasteiger partial charge in [-0.2, -0.15) is 11.8 Å². The summed E-state index contributed by atoms with van der Waals surface area (Å²) in [5.41, 5.74) is 5.44. The minimum atomic E-state index is 0.131. The Bertz CT molecular complexity index is 1350. The molecule has 3 heterocycles. The third-order valence-electron chi connectivity index (χ3n) is 9.29. The van der Waals surface area contributed by atoms with Gasteiger partial charge >= 0.3 is 0 Å². The van der Waals surface area contributed by atoms with E-state index in [0.717, 1.165) is 90.6 Å². The SMILES string of the molecule is CCCCCc1csc(C(=O)N(Cc2ccc(-c3ccc(C(=O)N4CCSCC4)cc3)cc2)C2CCN(CCC(C)C)CC2)c1. The molecule has 0 atom stereocenters. The molecule has 5 rings (SSSR count). The molecule has 0 bridgehead atoms. The minimum absolute atomic E-state index is 0.131. The first-order valence-corrected chi connectivity index (χ1v) is 19.1. The number of hydrogen-bond donors (Lipinski definition) is 0. The van der Waals surface area contributed by atoms with Crippen molar-refractivity contribution in [3.63, 3.8) is 0 Å². The fourth-order valence-electron chi connectivity index (χ4n) is 6.36. The van der Waals surface area contributed by atoms with E-state index in [0.29, 0.717) is 12.5 Å². The molecule has 0 spiro atoms. The number of likely N-dealkylation sites (tertiary alicyclic amines) is 1. The summed E-state index contributed by atoms with van der Waals surface area (Å²) in [6.45, 7) is 12.4. The average molecular weight is 646 g/mol. The van der Waals surface area contributed by atoms with Gasteiger partial charge < -0.3 is 14.7 Å². The molecule has 0 unspecified atom stereocenters. The van der Waals surface area contributed by atoms with Crippen LogP contribution in [0.1, 0.15) is 90.5 Å². The predicted octanol–water partition coefficient (Wildman–Crippen LogP) is 8.49. The number of carbonyl (C=O) groups excluding carboxylic acids is 2. The Morgan fingerprint density at radius 3 is 2.20 bits per heavy atom. The summed E-state index contributed by atoms with van der Waals surface area (Å²) in [6, 6.07) is 19.1. The lowest BCUT2D eigenvalue weighted by molar-refractivity contribution is 0.0551. The molecule has 7 heteroatoms. The fourth-order valence-corrected chi connectivity index (χ4v) is 8.16. The molecule has 0 N–H and O–H groups in total. The Labute approximate surface area is 279 Å². The molecule has 2 amide bonds. The summed E-state index contributed by atoms with van der Waals surface area (Å²) in [5.74, 6) is 3.06. The molecule has 5 nitrogen and oxygen atoms in total. The number of unbranched alkanes of at least 4 members (excludes halogenated alkanes) is 2. The van der Waals surface area contributed by atoms with Crippen LogP contribution in [0.2, 0.25) is 0 Å². The summed E-state index contributed by atoms with van der Waals surface area (Å²) in [4.78, 5) is 34.6. The molecule has 0 aliphatic carbocycles. The maximum atomic E-state index is 14.1. The standard InChI is InChI=1S/C38H51N3O2S2/c1-4-5-6-7-31-26-36(45-28-31)38(43)41(35-17-20-39(21-18-35)19-16-29(2)3)27-30-8-10-32(11-9-30)33-12-14-34(15-13-33)37(42)40-22-24-44-25-23-40/h8-15,26,28-29,35H,4-7,16-25,27H2,1-3H3. The van der Waals surface area contributed by atoms with Crippen molar-refractivity contribution < 1.29 is 9.59 Å². The van der Waals surface area contributed by atoms with Crippen molar-refractivity contribution in [2.45, 2.75) is 78.3 Å². The van der Waals surface area contributed by atoms with Crippen LogP contribution in [0, 0.1) is 5.92 Å². The topological polar surface area (TPSA) is 43.9 Å². The second-order valence-electron chi connectivity index (χ2n) is 13.1. The summed E-state index contributed by atoms with van der Waals surface area (Å²) < 4.78 is 0. The lowest BCUT2D eigenvalue weighted by Crippen LogP contribution is -2.47. The van der Waals surface area contributed by atoms with E-state index < -0.39 is 0 Å². The van der Waals surface area contributed by atoms with Gasteiger partial charge in [0.2, 0.25) is 0 Å². The third-order valence-corrected chi connectivity index (χ3v) is 11.2. The molecule has 2 aliphatic heterocycles. The van der Waals surface area contributed by atoms with Gasteiger partial charge in [-0.1, -0.05) is 70.0 Å². The van der Waals surface area contributed by atoms with E-state index in [1.54, 1.807) is 11.3 Å². The maximum Gasteiger partial charge on any atom is 0.264 e. The minimum Gasteiger partial charge on any atom is -0.337 e. The Kier molecular flexibility index (Phi) is 12.6. The van der Waals surface area contributed by atoms with E-state index in [-0.39, 0.29) is 17.9 Å². The summed E-state index contributed by atoms with van der Waals surface area (Å²) in [6.07, 6.45) is 7.96. The van der Waals surface area contributed by atoms with Crippen LogP contribution < -0.4 is 0 Å². The van der Waals surface area contributed by atoms with Gasteiger partial charge in [0.1, 0.15) is 0 Å². The Morgan fingerprint density at radius 1 is 0.889 bits per heavy atom. The van der Waals surface area contributed by atoms with Gasteiger partial charge in [-0.3, -0.25) is 9.59 Å². The molecule has 2 aliphatic rings. The van der Waals surface area contributed by atoms with E-state index in [9.17, 15) is 9.59 Å². The van der Waals surface area contributed by atoms with Gasteiger partial charge in [0.25, 0.3) is 11.8 Å². The number of rotatable bonds is 13. The van der Waals surface area contributed by atoms with Crippen LogP contribution >= 0.6 is 23.1 Å². The van der Waals surface area contributed by atoms with Crippen molar-refractivity contribution in [3.05, 3.63) is 81.5 Å². The quantitative estimate of drug-likeness (QED) is 0.175. The monoisotopic (exact) mass is 645 g/mol. The molecule has 0 radical (unpaired) electrons. The molecule has 45 heavy (non-hydrogen) atoms. The molecular formula is C38H51N3O2S2. The average Bonchev–Trinajstić information content (AvgIpc) is 3.56. The van der Waals surface area contributed by atoms with Crippen LogP contribution in [0.5, 0.6) is 0 Å². The largest absolute Gasteiger partial charge is 0.337 e. The second kappa shape index (κ2) is 16.8. The maximum absolute atomic E-state index is 14.1. The van der Waals surface area contributed by atoms with Crippen molar-refractivity contribution in [1.82, 2.24) is 14.7 Å². The number of piperidine rings is 1. The van der Waals surface area contributed by atoms with Crippen molar-refractivity contribution in [1.29, 1.82) is 0 Å². The molecule has 2 saturated heterocycles. The van der Waals surface area contributed by atoms with Crippen LogP contribution in [-0.2, 0) is 13.0 Å². The first-order chi connectivity index (χ1) is 21.9. The Morgan fingerprint density at radius 2 is 1.56 bits per heavy atom. The van der Waals surface area contributed by atoms with Crippen LogP contribution in [0.15, 0.2) is 60.0 Å². The van der Waals surface area contributed by atoms with Crippen LogP contribution in [0.25, 0.3) is 11.1 Å². The fraction of sp³-hybridized carbons (Fsp3) is 0.526. The van der Waals surface area contributed by atoms with E-state index in [1.165, 1.54) is 31.2 Å². The zero-order valence-electron chi connectivity index (χ0n) is 27.5. The zero-order valence-corrected chi connectivity index (χ0v) is 29.1. The Balaban J connectivity index is 1.27. The van der Waals surface area contributed by atoms with Gasteiger partial charge in [-0.25, -0.2) is 0 Å². The highest BCUT2D eigenvalue weighted by Gasteiger charge is 2.29. The second-order valence-corrected chi connectivity index (χ2v) is 15.3. The number of amides is 2. The number of thiophene rings is 1. The molecule has 0 saturated carbocycles. The summed E-state index contributed by atoms with van der Waals surface area (Å²) >= 11 is 3.53. The highest BCUT2D eigenvalue weighted by molar-refractivity contribution is 7.99. The normalized spacial score (nSPS) is 16.3. The molecule has 1 aromatic heterocycles. The van der Waals surface area contributed by atoms with Crippen molar-refractivity contribution >= 4 is 34.9 Å². The van der Waals surface area contributed by atoms with Gasteiger partial charge in [-0.05, 0) is 90.4 Å². The van der Waals surface area contributed by atoms with E-state index in [2.05, 4.69) is 78.4 Å². The number of nitrogens with zero attached hydrogens (tertiary/aromatic N) is 3. The molecule has 2 fully saturated rings. The number of aryl methyl sites for hydroxylation is 1. The van der Waals surface area contributed by atoms with Gasteiger partial charge in [0.15, 0.2) is 0 Å². The van der Waals surface area contributed by atoms with E-state index in [1.807, 2.05) is 28.8 Å². The number of carbonyl (C=O) groups is 2. The molecule has 2 aromatic carbocycles. The van der Waals surface area contributed by atoms with Crippen LogP contribution in [-0.4, -0.2) is 76.8 Å². The summed E-state index contributed by atoms with van der Waals surface area (Å²) in [7, 11) is 0. The van der Waals surface area contributed by atoms with Crippen LogP contribution in [0.3, 0.4) is 0 Å². The summed E-state index contributed by atoms with van der Waals surface area (Å²) in [5, 5.41) is 2.19. The number of thioether (sulfide) groups is 1. The third kappa shape index (κ3) is 9.46. The first-order valence-electron chi connectivity index (χ1n) is 17.1. The van der Waals surface area contributed by atoms with Crippen LogP contribution in [0.4, 0.5) is 0 Å². The van der Waals surface area contributed by atoms with Crippen molar-refractivity contribution in [2.24, 2.45) is 5.92 Å². The number of benzene rings is 2. The van der Waals surface area contributed by atoms with Gasteiger partial charge in [0.05, 0.1) is 4.88 Å². The van der Waals surface area contributed by atoms with Crippen molar-refractivity contribution in [2.75, 3.05) is 44.2 Å². The van der Waals surface area contributed by atoms with E-state index >= 15 is 0 Å².